The summed E-state index contributed by atoms with van der Waals surface area (Å²) in [5.41, 5.74) is 1.28. The van der Waals surface area contributed by atoms with E-state index in [9.17, 15) is 13.2 Å². The van der Waals surface area contributed by atoms with Crippen molar-refractivity contribution in [3.8, 4) is 11.3 Å². The molecule has 2 atom stereocenters. The van der Waals surface area contributed by atoms with Crippen LogP contribution < -0.4 is 0 Å². The Morgan fingerprint density at radius 3 is 2.81 bits per heavy atom. The zero-order valence-electron chi connectivity index (χ0n) is 14.8. The second-order valence-corrected chi connectivity index (χ2v) is 8.79. The lowest BCUT2D eigenvalue weighted by molar-refractivity contribution is -0.139. The van der Waals surface area contributed by atoms with Gasteiger partial charge in [0.15, 0.2) is 5.76 Å². The SMILES string of the molecule is Cc1ccc(-c2ccno2)cc1S(=O)(=O)N1C[C@H]2CCCN2C(=O)[C@H]1C. The van der Waals surface area contributed by atoms with Crippen LogP contribution in [0.25, 0.3) is 11.3 Å². The Hall–Kier alpha value is -2.19. The van der Waals surface area contributed by atoms with Crippen molar-refractivity contribution in [1.82, 2.24) is 14.4 Å². The number of rotatable bonds is 3. The fourth-order valence-corrected chi connectivity index (χ4v) is 5.75. The van der Waals surface area contributed by atoms with Crippen molar-refractivity contribution < 1.29 is 17.7 Å². The summed E-state index contributed by atoms with van der Waals surface area (Å²) in [6.07, 6.45) is 3.29. The number of nitrogens with zero attached hydrogens (tertiary/aromatic N) is 3. The predicted octanol–water partition coefficient (Wildman–Crippen LogP) is 2.03. The van der Waals surface area contributed by atoms with Gasteiger partial charge < -0.3 is 9.42 Å². The topological polar surface area (TPSA) is 83.7 Å². The maximum absolute atomic E-state index is 13.4. The molecule has 0 unspecified atom stereocenters. The van der Waals surface area contributed by atoms with Crippen LogP contribution >= 0.6 is 0 Å². The van der Waals surface area contributed by atoms with Gasteiger partial charge >= 0.3 is 0 Å². The molecule has 2 aliphatic heterocycles. The molecule has 0 aliphatic carbocycles. The van der Waals surface area contributed by atoms with E-state index in [1.54, 1.807) is 38.1 Å². The highest BCUT2D eigenvalue weighted by Gasteiger charge is 2.45. The lowest BCUT2D eigenvalue weighted by Crippen LogP contribution is -2.59. The minimum atomic E-state index is -3.80. The predicted molar refractivity (Wildman–Crippen MR) is 94.8 cm³/mol. The van der Waals surface area contributed by atoms with Gasteiger partial charge in [-0.3, -0.25) is 4.79 Å². The van der Waals surface area contributed by atoms with E-state index in [-0.39, 0.29) is 16.8 Å². The molecule has 26 heavy (non-hydrogen) atoms. The number of piperazine rings is 1. The number of carbonyl (C=O) groups is 1. The molecule has 1 aromatic heterocycles. The monoisotopic (exact) mass is 375 g/mol. The molecule has 1 amide bonds. The van der Waals surface area contributed by atoms with Crippen LogP contribution in [-0.4, -0.2) is 53.9 Å². The Morgan fingerprint density at radius 1 is 1.27 bits per heavy atom. The molecule has 4 rings (SSSR count). The van der Waals surface area contributed by atoms with E-state index in [1.807, 2.05) is 4.90 Å². The number of amides is 1. The molecule has 2 fully saturated rings. The van der Waals surface area contributed by atoms with Crippen LogP contribution in [0.5, 0.6) is 0 Å². The maximum atomic E-state index is 13.4. The minimum Gasteiger partial charge on any atom is -0.356 e. The van der Waals surface area contributed by atoms with Gasteiger partial charge in [0.25, 0.3) is 0 Å². The van der Waals surface area contributed by atoms with Crippen LogP contribution in [0.4, 0.5) is 0 Å². The Labute approximate surface area is 152 Å². The first kappa shape index (κ1) is 17.2. The standard InChI is InChI=1S/C18H21N3O4S/c1-12-5-6-14(16-7-8-19-25-16)10-17(12)26(23,24)21-11-15-4-3-9-20(15)18(22)13(21)2/h5-8,10,13,15H,3-4,9,11H2,1-2H3/t13-,15-/m1/s1. The van der Waals surface area contributed by atoms with Crippen molar-refractivity contribution in [2.24, 2.45) is 0 Å². The first-order valence-electron chi connectivity index (χ1n) is 8.73. The van der Waals surface area contributed by atoms with E-state index in [4.69, 9.17) is 4.52 Å². The van der Waals surface area contributed by atoms with Crippen molar-refractivity contribution in [2.75, 3.05) is 13.1 Å². The van der Waals surface area contributed by atoms with Gasteiger partial charge in [-0.15, -0.1) is 0 Å². The third kappa shape index (κ3) is 2.64. The van der Waals surface area contributed by atoms with E-state index in [0.717, 1.165) is 19.4 Å². The molecule has 1 aromatic carbocycles. The molecule has 7 nitrogen and oxygen atoms in total. The molecule has 3 heterocycles. The van der Waals surface area contributed by atoms with Gasteiger partial charge in [-0.2, -0.15) is 4.31 Å². The number of sulfonamides is 1. The lowest BCUT2D eigenvalue weighted by atomic mass is 10.1. The lowest BCUT2D eigenvalue weighted by Gasteiger charge is -2.40. The molecule has 0 saturated carbocycles. The van der Waals surface area contributed by atoms with Crippen LogP contribution in [0, 0.1) is 6.92 Å². The quantitative estimate of drug-likeness (QED) is 0.820. The van der Waals surface area contributed by atoms with Gasteiger partial charge in [-0.05, 0) is 38.3 Å². The normalized spacial score (nSPS) is 24.1. The first-order chi connectivity index (χ1) is 12.4. The summed E-state index contributed by atoms with van der Waals surface area (Å²) in [5, 5.41) is 3.68. The van der Waals surface area contributed by atoms with Gasteiger partial charge in [0.2, 0.25) is 15.9 Å². The summed E-state index contributed by atoms with van der Waals surface area (Å²) in [5.74, 6) is 0.401. The zero-order valence-corrected chi connectivity index (χ0v) is 15.6. The average molecular weight is 375 g/mol. The molecule has 138 valence electrons. The number of carbonyl (C=O) groups excluding carboxylic acids is 1. The molecular formula is C18H21N3O4S. The number of aromatic nitrogens is 1. The van der Waals surface area contributed by atoms with E-state index < -0.39 is 16.1 Å². The number of fused-ring (bicyclic) bond motifs is 1. The molecular weight excluding hydrogens is 354 g/mol. The second kappa shape index (κ2) is 6.21. The summed E-state index contributed by atoms with van der Waals surface area (Å²) in [7, 11) is -3.80. The van der Waals surface area contributed by atoms with Crippen molar-refractivity contribution in [2.45, 2.75) is 43.7 Å². The van der Waals surface area contributed by atoms with Crippen LogP contribution in [0.15, 0.2) is 39.9 Å². The number of benzene rings is 1. The number of hydrogen-bond acceptors (Lipinski definition) is 5. The Bertz CT molecular complexity index is 939. The highest BCUT2D eigenvalue weighted by molar-refractivity contribution is 7.89. The summed E-state index contributed by atoms with van der Waals surface area (Å²) >= 11 is 0. The summed E-state index contributed by atoms with van der Waals surface area (Å²) in [4.78, 5) is 14.7. The van der Waals surface area contributed by atoms with Crippen molar-refractivity contribution >= 4 is 15.9 Å². The van der Waals surface area contributed by atoms with E-state index in [1.165, 1.54) is 10.5 Å². The zero-order chi connectivity index (χ0) is 18.5. The highest BCUT2D eigenvalue weighted by Crippen LogP contribution is 2.32. The summed E-state index contributed by atoms with van der Waals surface area (Å²) in [6.45, 7) is 4.50. The van der Waals surface area contributed by atoms with Gasteiger partial charge in [0.1, 0.15) is 6.04 Å². The first-order valence-corrected chi connectivity index (χ1v) is 10.2. The van der Waals surface area contributed by atoms with Crippen LogP contribution in [0.2, 0.25) is 0 Å². The summed E-state index contributed by atoms with van der Waals surface area (Å²) in [6, 6.07) is 6.13. The van der Waals surface area contributed by atoms with Crippen molar-refractivity contribution in [3.63, 3.8) is 0 Å². The van der Waals surface area contributed by atoms with Gasteiger partial charge in [-0.25, -0.2) is 8.42 Å². The minimum absolute atomic E-state index is 0.0220. The molecule has 2 saturated heterocycles. The number of hydrogen-bond donors (Lipinski definition) is 0. The Balaban J connectivity index is 1.74. The van der Waals surface area contributed by atoms with Gasteiger partial charge in [0.05, 0.1) is 11.1 Å². The molecule has 0 spiro atoms. The fourth-order valence-electron chi connectivity index (χ4n) is 3.87. The summed E-state index contributed by atoms with van der Waals surface area (Å²) < 4.78 is 33.3. The molecule has 0 bridgehead atoms. The van der Waals surface area contributed by atoms with Crippen molar-refractivity contribution in [1.29, 1.82) is 0 Å². The second-order valence-electron chi connectivity index (χ2n) is 6.94. The Kier molecular flexibility index (Phi) is 4.11. The average Bonchev–Trinajstić information content (AvgIpc) is 3.29. The third-order valence-electron chi connectivity index (χ3n) is 5.34. The number of aryl methyl sites for hydroxylation is 1. The third-order valence-corrected chi connectivity index (χ3v) is 7.42. The smallest absolute Gasteiger partial charge is 0.244 e. The molecule has 2 aromatic rings. The largest absolute Gasteiger partial charge is 0.356 e. The van der Waals surface area contributed by atoms with Crippen molar-refractivity contribution in [3.05, 3.63) is 36.0 Å². The molecule has 2 aliphatic rings. The van der Waals surface area contributed by atoms with Gasteiger partial charge in [0, 0.05) is 30.8 Å². The molecule has 0 N–H and O–H groups in total. The fraction of sp³-hybridized carbons (Fsp3) is 0.444. The van der Waals surface area contributed by atoms with E-state index in [0.29, 0.717) is 23.4 Å². The Morgan fingerprint density at radius 2 is 2.08 bits per heavy atom. The van der Waals surface area contributed by atoms with E-state index >= 15 is 0 Å². The molecule has 8 heteroatoms. The highest BCUT2D eigenvalue weighted by atomic mass is 32.2. The maximum Gasteiger partial charge on any atom is 0.244 e. The van der Waals surface area contributed by atoms with Crippen LogP contribution in [0.3, 0.4) is 0 Å². The van der Waals surface area contributed by atoms with Crippen LogP contribution in [0.1, 0.15) is 25.3 Å². The van der Waals surface area contributed by atoms with Crippen LogP contribution in [-0.2, 0) is 14.8 Å². The van der Waals surface area contributed by atoms with Gasteiger partial charge in [-0.1, -0.05) is 17.3 Å². The molecule has 0 radical (unpaired) electrons. The van der Waals surface area contributed by atoms with E-state index in [2.05, 4.69) is 5.16 Å².